The van der Waals surface area contributed by atoms with Gasteiger partial charge in [0.15, 0.2) is 0 Å². The van der Waals surface area contributed by atoms with Gasteiger partial charge in [-0.25, -0.2) is 0 Å². The van der Waals surface area contributed by atoms with Crippen molar-refractivity contribution in [1.82, 2.24) is 9.88 Å². The van der Waals surface area contributed by atoms with Crippen LogP contribution in [0.15, 0.2) is 23.1 Å². The zero-order valence-electron chi connectivity index (χ0n) is 10.5. The molecule has 0 radical (unpaired) electrons. The summed E-state index contributed by atoms with van der Waals surface area (Å²) in [5, 5.41) is 8.64. The zero-order chi connectivity index (χ0) is 13.8. The summed E-state index contributed by atoms with van der Waals surface area (Å²) in [6.45, 7) is 1.11. The molecule has 1 fully saturated rings. The Morgan fingerprint density at radius 2 is 2.26 bits per heavy atom. The van der Waals surface area contributed by atoms with Gasteiger partial charge in [0.1, 0.15) is 5.56 Å². The minimum Gasteiger partial charge on any atom is -0.481 e. The molecule has 1 aromatic heterocycles. The smallest absolute Gasteiger partial charge is 0.303 e. The predicted molar refractivity (Wildman–Crippen MR) is 67.9 cm³/mol. The van der Waals surface area contributed by atoms with E-state index in [1.807, 2.05) is 0 Å². The Balaban J connectivity index is 1.97. The number of likely N-dealkylation sites (tertiary alicyclic amines) is 1. The van der Waals surface area contributed by atoms with Gasteiger partial charge in [0.25, 0.3) is 11.5 Å². The van der Waals surface area contributed by atoms with Crippen LogP contribution in [-0.2, 0) is 4.79 Å². The number of aliphatic carboxylic acids is 1. The van der Waals surface area contributed by atoms with E-state index in [9.17, 15) is 14.4 Å². The Morgan fingerprint density at radius 1 is 1.47 bits per heavy atom. The van der Waals surface area contributed by atoms with Gasteiger partial charge in [-0.2, -0.15) is 0 Å². The monoisotopic (exact) mass is 264 g/mol. The van der Waals surface area contributed by atoms with E-state index in [1.54, 1.807) is 11.0 Å². The van der Waals surface area contributed by atoms with E-state index in [4.69, 9.17) is 5.11 Å². The van der Waals surface area contributed by atoms with Crippen LogP contribution in [0.4, 0.5) is 0 Å². The summed E-state index contributed by atoms with van der Waals surface area (Å²) >= 11 is 0. The van der Waals surface area contributed by atoms with Crippen LogP contribution < -0.4 is 5.56 Å². The number of carbonyl (C=O) groups is 2. The molecule has 0 saturated carbocycles. The van der Waals surface area contributed by atoms with Crippen LogP contribution in [0, 0.1) is 5.92 Å². The van der Waals surface area contributed by atoms with Crippen LogP contribution in [-0.4, -0.2) is 40.0 Å². The first kappa shape index (κ1) is 13.3. The molecule has 1 saturated heterocycles. The Labute approximate surface area is 110 Å². The molecule has 1 amide bonds. The quantitative estimate of drug-likeness (QED) is 0.837. The minimum absolute atomic E-state index is 0.124. The Hall–Kier alpha value is -2.11. The number of aromatic amines is 1. The fraction of sp³-hybridized carbons (Fsp3) is 0.462. The van der Waals surface area contributed by atoms with Crippen LogP contribution in [0.2, 0.25) is 0 Å². The van der Waals surface area contributed by atoms with Crippen molar-refractivity contribution in [3.05, 3.63) is 34.2 Å². The summed E-state index contributed by atoms with van der Waals surface area (Å²) < 4.78 is 0. The van der Waals surface area contributed by atoms with E-state index < -0.39 is 5.97 Å². The third kappa shape index (κ3) is 3.21. The second-order valence-electron chi connectivity index (χ2n) is 4.75. The highest BCUT2D eigenvalue weighted by atomic mass is 16.4. The van der Waals surface area contributed by atoms with Crippen LogP contribution in [0.1, 0.15) is 29.6 Å². The molecule has 6 nitrogen and oxygen atoms in total. The summed E-state index contributed by atoms with van der Waals surface area (Å²) in [5.74, 6) is -0.883. The Bertz CT molecular complexity index is 537. The second kappa shape index (κ2) is 5.69. The molecule has 2 heterocycles. The van der Waals surface area contributed by atoms with Crippen LogP contribution in [0.25, 0.3) is 0 Å². The average molecular weight is 264 g/mol. The first-order valence-electron chi connectivity index (χ1n) is 6.26. The third-order valence-electron chi connectivity index (χ3n) is 3.39. The number of nitrogens with one attached hydrogen (secondary N) is 1. The van der Waals surface area contributed by atoms with Gasteiger partial charge in [-0.3, -0.25) is 14.4 Å². The maximum atomic E-state index is 12.1. The second-order valence-corrected chi connectivity index (χ2v) is 4.75. The summed E-state index contributed by atoms with van der Waals surface area (Å²) in [5.41, 5.74) is -0.247. The molecule has 0 aliphatic carbocycles. The van der Waals surface area contributed by atoms with Gasteiger partial charge in [-0.15, -0.1) is 0 Å². The van der Waals surface area contributed by atoms with Gasteiger partial charge in [0.05, 0.1) is 0 Å². The molecular formula is C13H16N2O4. The lowest BCUT2D eigenvalue weighted by atomic mass is 10.0. The van der Waals surface area contributed by atoms with Crippen LogP contribution in [0.3, 0.4) is 0 Å². The van der Waals surface area contributed by atoms with Gasteiger partial charge in [-0.1, -0.05) is 0 Å². The van der Waals surface area contributed by atoms with E-state index in [0.29, 0.717) is 19.5 Å². The number of H-pyrrole nitrogens is 1. The summed E-state index contributed by atoms with van der Waals surface area (Å²) in [6.07, 6.45) is 2.98. The molecule has 19 heavy (non-hydrogen) atoms. The first-order chi connectivity index (χ1) is 9.08. The standard InChI is InChI=1S/C13H16N2O4/c16-11(17)4-3-9-5-7-15(8-9)13(19)10-2-1-6-14-12(10)18/h1-2,6,9H,3-5,7-8H2,(H,14,18)(H,16,17). The minimum atomic E-state index is -0.815. The molecule has 102 valence electrons. The number of carbonyl (C=O) groups excluding carboxylic acids is 1. The van der Waals surface area contributed by atoms with Crippen molar-refractivity contribution in [3.8, 4) is 0 Å². The van der Waals surface area contributed by atoms with E-state index in [0.717, 1.165) is 6.42 Å². The highest BCUT2D eigenvalue weighted by molar-refractivity contribution is 5.93. The van der Waals surface area contributed by atoms with Gasteiger partial charge in [0.2, 0.25) is 0 Å². The van der Waals surface area contributed by atoms with Gasteiger partial charge < -0.3 is 15.0 Å². The van der Waals surface area contributed by atoms with Crippen LogP contribution in [0.5, 0.6) is 0 Å². The lowest BCUT2D eigenvalue weighted by molar-refractivity contribution is -0.137. The van der Waals surface area contributed by atoms with E-state index in [2.05, 4.69) is 4.98 Å². The number of nitrogens with zero attached hydrogens (tertiary/aromatic N) is 1. The van der Waals surface area contributed by atoms with Crippen molar-refractivity contribution in [2.24, 2.45) is 5.92 Å². The molecule has 0 spiro atoms. The number of carboxylic acid groups (broad SMARTS) is 1. The zero-order valence-corrected chi connectivity index (χ0v) is 10.5. The summed E-state index contributed by atoms with van der Waals surface area (Å²) in [7, 11) is 0. The van der Waals surface area contributed by atoms with Crippen molar-refractivity contribution in [2.45, 2.75) is 19.3 Å². The van der Waals surface area contributed by atoms with E-state index in [1.165, 1.54) is 12.3 Å². The maximum Gasteiger partial charge on any atom is 0.303 e. The van der Waals surface area contributed by atoms with Crippen LogP contribution >= 0.6 is 0 Å². The molecule has 1 atom stereocenters. The predicted octanol–water partition coefficient (Wildman–Crippen LogP) is 0.702. The van der Waals surface area contributed by atoms with E-state index in [-0.39, 0.29) is 29.4 Å². The molecule has 2 N–H and O–H groups in total. The third-order valence-corrected chi connectivity index (χ3v) is 3.39. The fourth-order valence-corrected chi connectivity index (χ4v) is 2.34. The SMILES string of the molecule is O=C(O)CCC1CCN(C(=O)c2ccc[nH]c2=O)C1. The molecule has 1 aromatic rings. The average Bonchev–Trinajstić information content (AvgIpc) is 2.85. The molecule has 1 unspecified atom stereocenters. The Morgan fingerprint density at radius 3 is 2.95 bits per heavy atom. The maximum absolute atomic E-state index is 12.1. The van der Waals surface area contributed by atoms with Gasteiger partial charge >= 0.3 is 5.97 Å². The summed E-state index contributed by atoms with van der Waals surface area (Å²) in [4.78, 5) is 38.3. The number of aromatic nitrogens is 1. The van der Waals surface area contributed by atoms with Crippen molar-refractivity contribution in [1.29, 1.82) is 0 Å². The van der Waals surface area contributed by atoms with Crippen molar-refractivity contribution < 1.29 is 14.7 Å². The molecule has 2 rings (SSSR count). The van der Waals surface area contributed by atoms with Crippen molar-refractivity contribution in [3.63, 3.8) is 0 Å². The number of carboxylic acids is 1. The Kier molecular flexibility index (Phi) is 3.99. The normalized spacial score (nSPS) is 18.5. The number of hydrogen-bond donors (Lipinski definition) is 2. The number of rotatable bonds is 4. The molecular weight excluding hydrogens is 248 g/mol. The highest BCUT2D eigenvalue weighted by Gasteiger charge is 2.28. The number of amides is 1. The van der Waals surface area contributed by atoms with Gasteiger partial charge in [-0.05, 0) is 30.9 Å². The van der Waals surface area contributed by atoms with Crippen molar-refractivity contribution >= 4 is 11.9 Å². The van der Waals surface area contributed by atoms with E-state index >= 15 is 0 Å². The molecule has 0 bridgehead atoms. The first-order valence-corrected chi connectivity index (χ1v) is 6.26. The fourth-order valence-electron chi connectivity index (χ4n) is 2.34. The number of pyridine rings is 1. The molecule has 6 heteroatoms. The lowest BCUT2D eigenvalue weighted by Crippen LogP contribution is -2.33. The van der Waals surface area contributed by atoms with Gasteiger partial charge in [0, 0.05) is 25.7 Å². The molecule has 0 aromatic carbocycles. The number of hydrogen-bond acceptors (Lipinski definition) is 3. The molecule has 1 aliphatic rings. The molecule has 1 aliphatic heterocycles. The van der Waals surface area contributed by atoms with Crippen molar-refractivity contribution in [2.75, 3.05) is 13.1 Å². The lowest BCUT2D eigenvalue weighted by Gasteiger charge is -2.15. The largest absolute Gasteiger partial charge is 0.481 e. The highest BCUT2D eigenvalue weighted by Crippen LogP contribution is 2.22. The topological polar surface area (TPSA) is 90.5 Å². The summed E-state index contributed by atoms with van der Waals surface area (Å²) in [6, 6.07) is 3.12.